The zero-order valence-corrected chi connectivity index (χ0v) is 54.5. The summed E-state index contributed by atoms with van der Waals surface area (Å²) in [6.07, 6.45) is 21.8. The van der Waals surface area contributed by atoms with E-state index in [1.807, 2.05) is 92.0 Å². The van der Waals surface area contributed by atoms with Crippen LogP contribution in [-0.2, 0) is 44.7 Å². The van der Waals surface area contributed by atoms with Crippen LogP contribution in [0.3, 0.4) is 0 Å². The quantitative estimate of drug-likeness (QED) is 0.150. The second-order valence-corrected chi connectivity index (χ2v) is 29.4. The van der Waals surface area contributed by atoms with Crippen molar-refractivity contribution in [1.29, 1.82) is 0 Å². The van der Waals surface area contributed by atoms with Gasteiger partial charge in [0.05, 0.1) is 22.3 Å². The molecule has 0 amide bonds. The SMILES string of the molecule is Cc1nc2cc3nn2c(c1[C@H](OC(C)(C)C)C(=O)O)N1CCC(C)(C/C=C/CCc2cc(F)ccc2Cc2cnc-3s2)CC1.Cc1nc2cc3nn2c(c1[C@H](OC(C)(C)C)C(=O)O)N1CCC(C)(CC/C=C/CCc2cc(F)ccc2Cc2cnc-3s2)CC1. The lowest BCUT2D eigenvalue weighted by Crippen LogP contribution is -2.41. The number of fused-ring (bicyclic) bond motifs is 11. The third-order valence-electron chi connectivity index (χ3n) is 17.7. The van der Waals surface area contributed by atoms with Gasteiger partial charge in [-0.25, -0.2) is 38.3 Å². The van der Waals surface area contributed by atoms with E-state index in [1.165, 1.54) is 12.1 Å². The van der Waals surface area contributed by atoms with Crippen LogP contribution in [0, 0.1) is 36.3 Å². The molecule has 6 aliphatic rings. The van der Waals surface area contributed by atoms with Crippen molar-refractivity contribution < 1.29 is 38.1 Å². The van der Waals surface area contributed by atoms with E-state index in [1.54, 1.807) is 43.8 Å². The molecule has 0 saturated carbocycles. The van der Waals surface area contributed by atoms with Gasteiger partial charge in [0.1, 0.15) is 44.7 Å². The maximum Gasteiger partial charge on any atom is 0.337 e. The molecule has 0 radical (unpaired) electrons. The third kappa shape index (κ3) is 14.5. The predicted molar refractivity (Wildman–Crippen MR) is 346 cm³/mol. The minimum absolute atomic E-state index is 0.113. The minimum Gasteiger partial charge on any atom is -0.479 e. The predicted octanol–water partition coefficient (Wildman–Crippen LogP) is 15.1. The van der Waals surface area contributed by atoms with E-state index in [9.17, 15) is 28.6 Å². The fourth-order valence-electron chi connectivity index (χ4n) is 12.8. The highest BCUT2D eigenvalue weighted by molar-refractivity contribution is 7.15. The summed E-state index contributed by atoms with van der Waals surface area (Å²) in [6, 6.07) is 14.0. The smallest absolute Gasteiger partial charge is 0.337 e. The molecule has 16 nitrogen and oxygen atoms in total. The number of nitrogens with zero attached hydrogens (tertiary/aromatic N) is 10. The van der Waals surface area contributed by atoms with E-state index in [0.29, 0.717) is 58.0 Å². The van der Waals surface area contributed by atoms with E-state index >= 15 is 0 Å². The van der Waals surface area contributed by atoms with Gasteiger partial charge in [0.15, 0.2) is 23.5 Å². The average Bonchev–Trinajstić information content (AvgIpc) is 1.73. The van der Waals surface area contributed by atoms with E-state index in [4.69, 9.17) is 39.6 Å². The summed E-state index contributed by atoms with van der Waals surface area (Å²) >= 11 is 3.12. The molecule has 2 atom stereocenters. The van der Waals surface area contributed by atoms with Crippen LogP contribution < -0.4 is 9.80 Å². The number of carbonyl (C=O) groups is 2. The van der Waals surface area contributed by atoms with E-state index < -0.39 is 35.3 Å². The second-order valence-electron chi connectivity index (χ2n) is 27.2. The first-order valence-corrected chi connectivity index (χ1v) is 32.8. The van der Waals surface area contributed by atoms with Gasteiger partial charge in [-0.1, -0.05) is 50.3 Å². The first-order chi connectivity index (χ1) is 42.3. The van der Waals surface area contributed by atoms with Crippen LogP contribution in [0.1, 0.15) is 180 Å². The van der Waals surface area contributed by atoms with Gasteiger partial charge in [0.2, 0.25) is 0 Å². The number of anilines is 2. The van der Waals surface area contributed by atoms with Crippen molar-refractivity contribution >= 4 is 57.5 Å². The molecule has 8 aromatic rings. The Morgan fingerprint density at radius 3 is 1.42 bits per heavy atom. The van der Waals surface area contributed by atoms with Crippen LogP contribution in [0.5, 0.6) is 0 Å². The lowest BCUT2D eigenvalue weighted by Gasteiger charge is -2.41. The minimum atomic E-state index is -1.20. The number of ether oxygens (including phenoxy) is 2. The molecule has 0 unspecified atom stereocenters. The second kappa shape index (κ2) is 25.6. The maximum absolute atomic E-state index is 14.2. The van der Waals surface area contributed by atoms with Gasteiger partial charge in [0, 0.05) is 84.7 Å². The van der Waals surface area contributed by atoms with E-state index in [2.05, 4.69) is 48.0 Å². The Balaban J connectivity index is 0.000000184. The number of piperidine rings is 2. The molecule has 0 aliphatic carbocycles. The fourth-order valence-corrected chi connectivity index (χ4v) is 14.6. The Morgan fingerprint density at radius 2 is 0.989 bits per heavy atom. The lowest BCUT2D eigenvalue weighted by molar-refractivity contribution is -0.161. The van der Waals surface area contributed by atoms with E-state index in [-0.39, 0.29) is 22.5 Å². The molecule has 2 saturated heterocycles. The van der Waals surface area contributed by atoms with E-state index in [0.717, 1.165) is 150 Å². The van der Waals surface area contributed by atoms with Crippen LogP contribution in [0.4, 0.5) is 20.4 Å². The Labute approximate surface area is 527 Å². The summed E-state index contributed by atoms with van der Waals surface area (Å²) in [5, 5.41) is 32.3. The molecule has 2 fully saturated rings. The summed E-state index contributed by atoms with van der Waals surface area (Å²) in [6.45, 7) is 22.6. The van der Waals surface area contributed by atoms with Crippen LogP contribution in [0.25, 0.3) is 32.7 Å². The molecule has 2 N–H and O–H groups in total. The molecule has 6 aliphatic heterocycles. The topological polar surface area (TPSA) is 186 Å². The van der Waals surface area contributed by atoms with Crippen molar-refractivity contribution in [3.05, 3.63) is 151 Å². The first-order valence-electron chi connectivity index (χ1n) is 31.1. The Bertz CT molecular complexity index is 3980. The molecule has 12 bridgehead atoms. The van der Waals surface area contributed by atoms with Crippen molar-refractivity contribution in [2.24, 2.45) is 10.8 Å². The number of hydrogen-bond acceptors (Lipinski definition) is 14. The number of thiazole rings is 2. The molecule has 0 spiro atoms. The van der Waals surface area contributed by atoms with Crippen molar-refractivity contribution in [3.8, 4) is 21.4 Å². The van der Waals surface area contributed by atoms with Gasteiger partial charge in [-0.3, -0.25) is 0 Å². The molecule has 14 rings (SSSR count). The molecule has 470 valence electrons. The highest BCUT2D eigenvalue weighted by atomic mass is 32.1. The zero-order valence-electron chi connectivity index (χ0n) is 52.8. The number of allylic oxidation sites excluding steroid dienone is 4. The molecule has 89 heavy (non-hydrogen) atoms. The highest BCUT2D eigenvalue weighted by Crippen LogP contribution is 2.44. The number of carboxylic acid groups (broad SMARTS) is 2. The van der Waals surface area contributed by atoms with Crippen molar-refractivity contribution in [1.82, 2.24) is 39.2 Å². The van der Waals surface area contributed by atoms with Gasteiger partial charge >= 0.3 is 11.9 Å². The van der Waals surface area contributed by atoms with Gasteiger partial charge < -0.3 is 29.5 Å². The van der Waals surface area contributed by atoms with Crippen LogP contribution in [-0.4, -0.2) is 98.7 Å². The monoisotopic (exact) mass is 1250 g/mol. The van der Waals surface area contributed by atoms with Crippen molar-refractivity contribution in [3.63, 3.8) is 0 Å². The number of benzene rings is 2. The van der Waals surface area contributed by atoms with Crippen molar-refractivity contribution in [2.75, 3.05) is 36.0 Å². The number of hydrogen-bond donors (Lipinski definition) is 2. The summed E-state index contributed by atoms with van der Waals surface area (Å²) in [5.74, 6) is -1.08. The fraction of sp³-hybridized carbons (Fsp3) is 0.478. The number of aromatic nitrogens is 8. The molecular weight excluding hydrogens is 1170 g/mol. The largest absolute Gasteiger partial charge is 0.479 e. The Hall–Kier alpha value is -7.26. The highest BCUT2D eigenvalue weighted by Gasteiger charge is 2.40. The maximum atomic E-state index is 14.2. The number of rotatable bonds is 6. The van der Waals surface area contributed by atoms with Gasteiger partial charge in [-0.15, -0.1) is 22.7 Å². The number of halogens is 2. The van der Waals surface area contributed by atoms with Crippen LogP contribution in [0.15, 0.2) is 85.2 Å². The van der Waals surface area contributed by atoms with Gasteiger partial charge in [-0.05, 0) is 183 Å². The zero-order chi connectivity index (χ0) is 63.2. The lowest BCUT2D eigenvalue weighted by atomic mass is 9.76. The van der Waals surface area contributed by atoms with Crippen LogP contribution >= 0.6 is 22.7 Å². The molecule has 12 heterocycles. The summed E-state index contributed by atoms with van der Waals surface area (Å²) in [4.78, 5) is 51.2. The molecular formula is C69H82F2N10O6S2. The Kier molecular flexibility index (Phi) is 18.2. The van der Waals surface area contributed by atoms with Crippen LogP contribution in [0.2, 0.25) is 0 Å². The molecule has 20 heteroatoms. The third-order valence-corrected chi connectivity index (χ3v) is 19.7. The summed E-state index contributed by atoms with van der Waals surface area (Å²) in [7, 11) is 0. The number of carboxylic acids is 2. The molecule has 2 aromatic carbocycles. The normalized spacial score (nSPS) is 18.5. The standard InChI is InChI=1S/C35H42FN5O3S.C34H40FN5O3S/c1-22-29(30(33(42)43)44-34(2,3)4)32-40-16-14-35(5,15-17-40)13-9-7-6-8-10-23-18-25(36)12-11-24(23)19-26-21-37-31(45-26)27-20-28(38-22)41(32)39-27;1-21-28(29(32(41)42)43-33(2,3)4)31-39-15-13-34(5,14-16-39)12-8-6-7-9-22-17-24(35)11-10-23(22)18-25-20-36-30(44-25)26-19-27(37-21)40(31)38-26/h6-7,11-12,18,20-21,30H,8-10,13-17,19H2,1-5H3,(H,42,43);6,8,10-11,17,19-20,29H,7,9,12-16,18H2,1-5H3,(H,41,42)/b7-6+;8-6+/t30-;29-/m00/s1. The average molecular weight is 1250 g/mol. The number of aryl methyl sites for hydroxylation is 4. The van der Waals surface area contributed by atoms with Gasteiger partial charge in [0.25, 0.3) is 0 Å². The summed E-state index contributed by atoms with van der Waals surface area (Å²) < 4.78 is 44.4. The molecule has 6 aromatic heterocycles. The number of aliphatic carboxylic acids is 2. The van der Waals surface area contributed by atoms with Gasteiger partial charge in [-0.2, -0.15) is 19.2 Å². The summed E-state index contributed by atoms with van der Waals surface area (Å²) in [5.41, 5.74) is 8.10. The Morgan fingerprint density at radius 1 is 0.573 bits per heavy atom. The first kappa shape index (κ1) is 63.3. The van der Waals surface area contributed by atoms with Crippen molar-refractivity contribution in [2.45, 2.75) is 176 Å².